The van der Waals surface area contributed by atoms with Gasteiger partial charge in [0, 0.05) is 26.2 Å². The van der Waals surface area contributed by atoms with Gasteiger partial charge in [0.2, 0.25) is 5.91 Å². The summed E-state index contributed by atoms with van der Waals surface area (Å²) >= 11 is 0. The van der Waals surface area contributed by atoms with Crippen molar-refractivity contribution in [1.29, 1.82) is 0 Å². The Labute approximate surface area is 137 Å². The highest BCUT2D eigenvalue weighted by atomic mass is 16.2. The maximum Gasteiger partial charge on any atom is 0.234 e. The molecule has 1 atom stereocenters. The SMILES string of the molecule is CN(C)[C@H]1CCN(CC(=O)NCc2nc3ccccc3n2C)C1. The Morgan fingerprint density at radius 2 is 2.17 bits per heavy atom. The van der Waals surface area contributed by atoms with Crippen LogP contribution in [0.1, 0.15) is 12.2 Å². The molecule has 6 heteroatoms. The number of hydrogen-bond donors (Lipinski definition) is 1. The predicted molar refractivity (Wildman–Crippen MR) is 91.1 cm³/mol. The highest BCUT2D eigenvalue weighted by Crippen LogP contribution is 2.14. The first-order valence-corrected chi connectivity index (χ1v) is 8.10. The molecule has 0 saturated carbocycles. The first-order valence-electron chi connectivity index (χ1n) is 8.10. The number of fused-ring (bicyclic) bond motifs is 1. The molecule has 0 bridgehead atoms. The minimum absolute atomic E-state index is 0.0662. The Hall–Kier alpha value is -1.92. The van der Waals surface area contributed by atoms with E-state index in [4.69, 9.17) is 0 Å². The second kappa shape index (κ2) is 6.68. The summed E-state index contributed by atoms with van der Waals surface area (Å²) < 4.78 is 2.04. The molecule has 6 nitrogen and oxygen atoms in total. The molecule has 124 valence electrons. The standard InChI is InChI=1S/C17H25N5O/c1-20(2)13-8-9-22(11-13)12-17(23)18-10-16-19-14-6-4-5-7-15(14)21(16)3/h4-7,13H,8-12H2,1-3H3,(H,18,23)/t13-/m0/s1. The van der Waals surface area contributed by atoms with Crippen molar-refractivity contribution in [1.82, 2.24) is 24.7 Å². The number of likely N-dealkylation sites (N-methyl/N-ethyl adjacent to an activating group) is 1. The van der Waals surface area contributed by atoms with E-state index in [9.17, 15) is 4.79 Å². The fourth-order valence-electron chi connectivity index (χ4n) is 3.17. The minimum Gasteiger partial charge on any atom is -0.348 e. The van der Waals surface area contributed by atoms with Crippen LogP contribution in [0, 0.1) is 0 Å². The van der Waals surface area contributed by atoms with Crippen LogP contribution in [0.2, 0.25) is 0 Å². The third-order valence-corrected chi connectivity index (χ3v) is 4.67. The van der Waals surface area contributed by atoms with E-state index in [0.29, 0.717) is 19.1 Å². The Morgan fingerprint density at radius 3 is 2.87 bits per heavy atom. The maximum absolute atomic E-state index is 12.2. The minimum atomic E-state index is 0.0662. The molecule has 1 amide bonds. The van der Waals surface area contributed by atoms with Gasteiger partial charge in [0.15, 0.2) is 0 Å². The average molecular weight is 315 g/mol. The van der Waals surface area contributed by atoms with Gasteiger partial charge in [-0.05, 0) is 32.6 Å². The van der Waals surface area contributed by atoms with E-state index in [1.807, 2.05) is 35.9 Å². The molecule has 0 spiro atoms. The lowest BCUT2D eigenvalue weighted by Crippen LogP contribution is -2.38. The lowest BCUT2D eigenvalue weighted by Gasteiger charge is -2.20. The van der Waals surface area contributed by atoms with Crippen LogP contribution in [0.5, 0.6) is 0 Å². The van der Waals surface area contributed by atoms with Gasteiger partial charge in [-0.2, -0.15) is 0 Å². The molecule has 0 radical (unpaired) electrons. The molecular formula is C17H25N5O. The smallest absolute Gasteiger partial charge is 0.234 e. The molecule has 1 aliphatic rings. The van der Waals surface area contributed by atoms with Crippen molar-refractivity contribution in [2.24, 2.45) is 7.05 Å². The average Bonchev–Trinajstić information content (AvgIpc) is 3.11. The molecule has 2 heterocycles. The van der Waals surface area contributed by atoms with Gasteiger partial charge in [0.05, 0.1) is 24.1 Å². The van der Waals surface area contributed by atoms with Gasteiger partial charge in [0.25, 0.3) is 0 Å². The lowest BCUT2D eigenvalue weighted by molar-refractivity contribution is -0.122. The zero-order valence-corrected chi connectivity index (χ0v) is 14.1. The Morgan fingerprint density at radius 1 is 1.39 bits per heavy atom. The van der Waals surface area contributed by atoms with Crippen LogP contribution in [0.15, 0.2) is 24.3 Å². The number of rotatable bonds is 5. The number of nitrogens with zero attached hydrogens (tertiary/aromatic N) is 4. The van der Waals surface area contributed by atoms with Gasteiger partial charge in [-0.1, -0.05) is 12.1 Å². The largest absolute Gasteiger partial charge is 0.348 e. The van der Waals surface area contributed by atoms with Crippen LogP contribution in [-0.4, -0.2) is 65.0 Å². The molecule has 23 heavy (non-hydrogen) atoms. The Bertz CT molecular complexity index is 693. The zero-order chi connectivity index (χ0) is 16.4. The van der Waals surface area contributed by atoms with E-state index in [-0.39, 0.29) is 5.91 Å². The first kappa shape index (κ1) is 16.0. The summed E-state index contributed by atoms with van der Waals surface area (Å²) in [5.74, 6) is 0.948. The van der Waals surface area contributed by atoms with Crippen molar-refractivity contribution < 1.29 is 4.79 Å². The number of imidazole rings is 1. The molecule has 2 aromatic rings. The van der Waals surface area contributed by atoms with Gasteiger partial charge in [0.1, 0.15) is 5.82 Å². The Kier molecular flexibility index (Phi) is 4.63. The highest BCUT2D eigenvalue weighted by molar-refractivity contribution is 5.78. The Balaban J connectivity index is 1.53. The van der Waals surface area contributed by atoms with E-state index < -0.39 is 0 Å². The fourth-order valence-corrected chi connectivity index (χ4v) is 3.17. The second-order valence-electron chi connectivity index (χ2n) is 6.49. The summed E-state index contributed by atoms with van der Waals surface area (Å²) in [6, 6.07) is 8.57. The molecule has 1 saturated heterocycles. The number of likely N-dealkylation sites (tertiary alicyclic amines) is 1. The van der Waals surface area contributed by atoms with E-state index in [1.165, 1.54) is 0 Å². The number of aryl methyl sites for hydroxylation is 1. The molecule has 1 aromatic carbocycles. The van der Waals surface area contributed by atoms with E-state index in [0.717, 1.165) is 36.4 Å². The molecule has 0 aliphatic carbocycles. The van der Waals surface area contributed by atoms with Gasteiger partial charge in [-0.15, -0.1) is 0 Å². The third-order valence-electron chi connectivity index (χ3n) is 4.67. The monoisotopic (exact) mass is 315 g/mol. The third kappa shape index (κ3) is 3.54. The normalized spacial score (nSPS) is 18.9. The lowest BCUT2D eigenvalue weighted by atomic mass is 10.2. The van der Waals surface area contributed by atoms with Gasteiger partial charge >= 0.3 is 0 Å². The molecule has 1 aromatic heterocycles. The molecule has 1 aliphatic heterocycles. The summed E-state index contributed by atoms with van der Waals surface area (Å²) in [6.45, 7) is 2.89. The molecule has 1 fully saturated rings. The molecule has 3 rings (SSSR count). The number of nitrogens with one attached hydrogen (secondary N) is 1. The molecular weight excluding hydrogens is 290 g/mol. The van der Waals surface area contributed by atoms with Crippen LogP contribution >= 0.6 is 0 Å². The summed E-state index contributed by atoms with van der Waals surface area (Å²) in [4.78, 5) is 21.2. The number of benzene rings is 1. The number of carbonyl (C=O) groups excluding carboxylic acids is 1. The topological polar surface area (TPSA) is 53.4 Å². The highest BCUT2D eigenvalue weighted by Gasteiger charge is 2.25. The first-order chi connectivity index (χ1) is 11.0. The van der Waals surface area contributed by atoms with Gasteiger partial charge < -0.3 is 14.8 Å². The van der Waals surface area contributed by atoms with Crippen LogP contribution in [0.4, 0.5) is 0 Å². The van der Waals surface area contributed by atoms with Crippen molar-refractivity contribution >= 4 is 16.9 Å². The number of hydrogen-bond acceptors (Lipinski definition) is 4. The summed E-state index contributed by atoms with van der Waals surface area (Å²) in [5, 5.41) is 2.99. The van der Waals surface area contributed by atoms with E-state index >= 15 is 0 Å². The van der Waals surface area contributed by atoms with Crippen molar-refractivity contribution in [3.8, 4) is 0 Å². The second-order valence-corrected chi connectivity index (χ2v) is 6.49. The van der Waals surface area contributed by atoms with Gasteiger partial charge in [-0.3, -0.25) is 9.69 Å². The number of carbonyl (C=O) groups is 1. The predicted octanol–water partition coefficient (Wildman–Crippen LogP) is 0.825. The molecule has 0 unspecified atom stereocenters. The van der Waals surface area contributed by atoms with Crippen molar-refractivity contribution in [3.63, 3.8) is 0 Å². The van der Waals surface area contributed by atoms with Crippen molar-refractivity contribution in [2.75, 3.05) is 33.7 Å². The zero-order valence-electron chi connectivity index (χ0n) is 14.1. The van der Waals surface area contributed by atoms with Crippen LogP contribution in [0.3, 0.4) is 0 Å². The van der Waals surface area contributed by atoms with Crippen LogP contribution in [-0.2, 0) is 18.4 Å². The summed E-state index contributed by atoms with van der Waals surface area (Å²) in [5.41, 5.74) is 2.05. The summed E-state index contributed by atoms with van der Waals surface area (Å²) in [6.07, 6.45) is 1.13. The van der Waals surface area contributed by atoms with E-state index in [2.05, 4.69) is 34.2 Å². The van der Waals surface area contributed by atoms with Crippen LogP contribution in [0.25, 0.3) is 11.0 Å². The fraction of sp³-hybridized carbons (Fsp3) is 0.529. The van der Waals surface area contributed by atoms with Crippen LogP contribution < -0.4 is 5.32 Å². The van der Waals surface area contributed by atoms with Crippen molar-refractivity contribution in [2.45, 2.75) is 19.0 Å². The van der Waals surface area contributed by atoms with Gasteiger partial charge in [-0.25, -0.2) is 4.98 Å². The maximum atomic E-state index is 12.2. The van der Waals surface area contributed by atoms with E-state index in [1.54, 1.807) is 0 Å². The molecule has 1 N–H and O–H groups in total. The summed E-state index contributed by atoms with van der Waals surface area (Å²) in [7, 11) is 6.18. The quantitative estimate of drug-likeness (QED) is 0.888. The van der Waals surface area contributed by atoms with Crippen molar-refractivity contribution in [3.05, 3.63) is 30.1 Å². The number of aromatic nitrogens is 2. The number of amides is 1. The number of para-hydroxylation sites is 2.